The number of hydrogen-bond donors (Lipinski definition) is 1. The SMILES string of the molecule is CC1(C)OC(=O)C[C@@H]1C(=O)Nc1nnc(C2CC2)s1. The lowest BCUT2D eigenvalue weighted by Crippen LogP contribution is -2.36. The van der Waals surface area contributed by atoms with Crippen molar-refractivity contribution < 1.29 is 14.3 Å². The summed E-state index contributed by atoms with van der Waals surface area (Å²) in [6.45, 7) is 3.50. The predicted molar refractivity (Wildman–Crippen MR) is 68.8 cm³/mol. The maximum Gasteiger partial charge on any atom is 0.307 e. The topological polar surface area (TPSA) is 81.2 Å². The Labute approximate surface area is 114 Å². The molecule has 1 N–H and O–H groups in total. The Morgan fingerprint density at radius 2 is 2.16 bits per heavy atom. The van der Waals surface area contributed by atoms with Crippen molar-refractivity contribution in [3.05, 3.63) is 5.01 Å². The molecule has 1 amide bonds. The largest absolute Gasteiger partial charge is 0.459 e. The van der Waals surface area contributed by atoms with E-state index in [1.54, 1.807) is 13.8 Å². The molecule has 0 unspecified atom stereocenters. The number of cyclic esters (lactones) is 1. The molecule has 0 radical (unpaired) electrons. The second-order valence-electron chi connectivity index (χ2n) is 5.54. The second kappa shape index (κ2) is 4.26. The molecule has 1 saturated heterocycles. The standard InChI is InChI=1S/C12H15N3O3S/c1-12(2)7(5-8(16)18-12)9(17)13-11-15-14-10(19-11)6-3-4-6/h6-7H,3-5H2,1-2H3,(H,13,15,17)/t7-/m1/s1. The van der Waals surface area contributed by atoms with E-state index in [1.165, 1.54) is 11.3 Å². The number of aromatic nitrogens is 2. The van der Waals surface area contributed by atoms with Crippen molar-refractivity contribution >= 4 is 28.3 Å². The molecular formula is C12H15N3O3S. The number of ether oxygens (including phenoxy) is 1. The minimum atomic E-state index is -0.759. The van der Waals surface area contributed by atoms with Gasteiger partial charge in [-0.05, 0) is 26.7 Å². The number of nitrogens with zero attached hydrogens (tertiary/aromatic N) is 2. The molecule has 3 rings (SSSR count). The van der Waals surface area contributed by atoms with E-state index in [0.29, 0.717) is 11.0 Å². The van der Waals surface area contributed by atoms with Gasteiger partial charge >= 0.3 is 5.97 Å². The van der Waals surface area contributed by atoms with Crippen LogP contribution in [-0.4, -0.2) is 27.7 Å². The normalized spacial score (nSPS) is 25.2. The first-order valence-electron chi connectivity index (χ1n) is 6.32. The minimum absolute atomic E-state index is 0.118. The highest BCUT2D eigenvalue weighted by molar-refractivity contribution is 7.15. The highest BCUT2D eigenvalue weighted by atomic mass is 32.1. The van der Waals surface area contributed by atoms with Gasteiger partial charge < -0.3 is 10.1 Å². The van der Waals surface area contributed by atoms with Gasteiger partial charge in [0.05, 0.1) is 12.3 Å². The molecule has 6 nitrogen and oxygen atoms in total. The monoisotopic (exact) mass is 281 g/mol. The van der Waals surface area contributed by atoms with Crippen LogP contribution in [0.1, 0.15) is 44.0 Å². The lowest BCUT2D eigenvalue weighted by Gasteiger charge is -2.23. The van der Waals surface area contributed by atoms with Gasteiger partial charge in [-0.25, -0.2) is 0 Å². The Kier molecular flexibility index (Phi) is 2.81. The zero-order valence-corrected chi connectivity index (χ0v) is 11.6. The summed E-state index contributed by atoms with van der Waals surface area (Å²) in [6, 6.07) is 0. The molecule has 2 aliphatic rings. The average molecular weight is 281 g/mol. The van der Waals surface area contributed by atoms with Gasteiger partial charge in [0.25, 0.3) is 0 Å². The van der Waals surface area contributed by atoms with Gasteiger partial charge in [0.1, 0.15) is 10.6 Å². The molecule has 0 spiro atoms. The number of nitrogens with one attached hydrogen (secondary N) is 1. The number of amides is 1. The molecule has 19 heavy (non-hydrogen) atoms. The van der Waals surface area contributed by atoms with Crippen molar-refractivity contribution in [1.82, 2.24) is 10.2 Å². The van der Waals surface area contributed by atoms with Gasteiger partial charge in [-0.3, -0.25) is 9.59 Å². The van der Waals surface area contributed by atoms with Crippen molar-refractivity contribution in [2.24, 2.45) is 5.92 Å². The summed E-state index contributed by atoms with van der Waals surface area (Å²) < 4.78 is 5.14. The van der Waals surface area contributed by atoms with Crippen molar-refractivity contribution in [3.8, 4) is 0 Å². The summed E-state index contributed by atoms with van der Waals surface area (Å²) in [7, 11) is 0. The van der Waals surface area contributed by atoms with Gasteiger partial charge in [-0.1, -0.05) is 11.3 Å². The summed E-state index contributed by atoms with van der Waals surface area (Å²) in [5.74, 6) is -0.514. The number of rotatable bonds is 3. The Morgan fingerprint density at radius 1 is 1.42 bits per heavy atom. The fourth-order valence-electron chi connectivity index (χ4n) is 2.20. The Morgan fingerprint density at radius 3 is 2.74 bits per heavy atom. The highest BCUT2D eigenvalue weighted by Crippen LogP contribution is 2.42. The first kappa shape index (κ1) is 12.5. The molecule has 7 heteroatoms. The summed E-state index contributed by atoms with van der Waals surface area (Å²) in [5, 5.41) is 12.2. The van der Waals surface area contributed by atoms with Crippen LogP contribution in [0.4, 0.5) is 5.13 Å². The first-order chi connectivity index (χ1) is 8.95. The van der Waals surface area contributed by atoms with Gasteiger partial charge in [-0.2, -0.15) is 0 Å². The van der Waals surface area contributed by atoms with Crippen LogP contribution in [0.5, 0.6) is 0 Å². The van der Waals surface area contributed by atoms with E-state index >= 15 is 0 Å². The molecule has 0 bridgehead atoms. The molecular weight excluding hydrogens is 266 g/mol. The number of anilines is 1. The zero-order chi connectivity index (χ0) is 13.6. The van der Waals surface area contributed by atoms with E-state index in [0.717, 1.165) is 17.8 Å². The van der Waals surface area contributed by atoms with E-state index in [2.05, 4.69) is 15.5 Å². The van der Waals surface area contributed by atoms with Gasteiger partial charge in [0.15, 0.2) is 0 Å². The molecule has 102 valence electrons. The molecule has 0 aromatic carbocycles. The fraction of sp³-hybridized carbons (Fsp3) is 0.667. The molecule has 1 aromatic rings. The molecule has 1 atom stereocenters. The van der Waals surface area contributed by atoms with Crippen LogP contribution in [-0.2, 0) is 14.3 Å². The van der Waals surface area contributed by atoms with Crippen LogP contribution in [0.2, 0.25) is 0 Å². The fourth-order valence-corrected chi connectivity index (χ4v) is 3.12. The number of hydrogen-bond acceptors (Lipinski definition) is 6. The third-order valence-electron chi connectivity index (χ3n) is 3.50. The Balaban J connectivity index is 1.68. The van der Waals surface area contributed by atoms with Crippen LogP contribution >= 0.6 is 11.3 Å². The summed E-state index contributed by atoms with van der Waals surface area (Å²) in [6.07, 6.45) is 2.42. The highest BCUT2D eigenvalue weighted by Gasteiger charge is 2.46. The Bertz CT molecular complexity index is 536. The second-order valence-corrected chi connectivity index (χ2v) is 6.55. The number of esters is 1. The molecule has 1 aliphatic heterocycles. The first-order valence-corrected chi connectivity index (χ1v) is 7.13. The maximum atomic E-state index is 12.2. The van der Waals surface area contributed by atoms with Crippen molar-refractivity contribution in [2.75, 3.05) is 5.32 Å². The third kappa shape index (κ3) is 2.47. The third-order valence-corrected chi connectivity index (χ3v) is 4.50. The van der Waals surface area contributed by atoms with Crippen molar-refractivity contribution in [1.29, 1.82) is 0 Å². The quantitative estimate of drug-likeness (QED) is 0.853. The lowest BCUT2D eigenvalue weighted by molar-refractivity contribution is -0.147. The number of carbonyl (C=O) groups excluding carboxylic acids is 2. The predicted octanol–water partition coefficient (Wildman–Crippen LogP) is 1.70. The Hall–Kier alpha value is -1.50. The smallest absolute Gasteiger partial charge is 0.307 e. The molecule has 2 heterocycles. The van der Waals surface area contributed by atoms with Crippen LogP contribution in [0.25, 0.3) is 0 Å². The van der Waals surface area contributed by atoms with Gasteiger partial charge in [0.2, 0.25) is 11.0 Å². The summed E-state index contributed by atoms with van der Waals surface area (Å²) >= 11 is 1.41. The summed E-state index contributed by atoms with van der Waals surface area (Å²) in [5.41, 5.74) is -0.759. The van der Waals surface area contributed by atoms with Crippen LogP contribution in [0, 0.1) is 5.92 Å². The minimum Gasteiger partial charge on any atom is -0.459 e. The van der Waals surface area contributed by atoms with Crippen molar-refractivity contribution in [3.63, 3.8) is 0 Å². The number of carbonyl (C=O) groups is 2. The lowest BCUT2D eigenvalue weighted by atomic mass is 9.90. The van der Waals surface area contributed by atoms with E-state index in [4.69, 9.17) is 4.74 Å². The molecule has 1 saturated carbocycles. The van der Waals surface area contributed by atoms with Crippen LogP contribution < -0.4 is 5.32 Å². The molecule has 1 aliphatic carbocycles. The maximum absolute atomic E-state index is 12.2. The average Bonchev–Trinajstić information content (AvgIpc) is 2.99. The van der Waals surface area contributed by atoms with Crippen molar-refractivity contribution in [2.45, 2.75) is 44.6 Å². The van der Waals surface area contributed by atoms with E-state index in [9.17, 15) is 9.59 Å². The van der Waals surface area contributed by atoms with Crippen LogP contribution in [0.3, 0.4) is 0 Å². The van der Waals surface area contributed by atoms with Crippen LogP contribution in [0.15, 0.2) is 0 Å². The molecule has 2 fully saturated rings. The van der Waals surface area contributed by atoms with E-state index in [-0.39, 0.29) is 18.3 Å². The van der Waals surface area contributed by atoms with E-state index in [1.807, 2.05) is 0 Å². The molecule has 1 aromatic heterocycles. The zero-order valence-electron chi connectivity index (χ0n) is 10.8. The van der Waals surface area contributed by atoms with Gasteiger partial charge in [0, 0.05) is 5.92 Å². The summed E-state index contributed by atoms with van der Waals surface area (Å²) in [4.78, 5) is 23.5. The van der Waals surface area contributed by atoms with E-state index < -0.39 is 11.5 Å². The van der Waals surface area contributed by atoms with Gasteiger partial charge in [-0.15, -0.1) is 10.2 Å².